The number of amides is 2. The maximum Gasteiger partial charge on any atom is 0.256 e. The highest BCUT2D eigenvalue weighted by molar-refractivity contribution is 7.98. The average Bonchev–Trinajstić information content (AvgIpc) is 3.26. The number of methoxy groups -OCH3 is 1. The molecule has 1 N–H and O–H groups in total. The molecule has 0 aromatic heterocycles. The summed E-state index contributed by atoms with van der Waals surface area (Å²) in [6, 6.07) is 20.8. The van der Waals surface area contributed by atoms with Crippen molar-refractivity contribution in [1.29, 1.82) is 0 Å². The molecule has 2 aliphatic heterocycles. The first kappa shape index (κ1) is 30.8. The maximum atomic E-state index is 13.8. The summed E-state index contributed by atoms with van der Waals surface area (Å²) < 4.78 is 18.5. The number of nitrogens with one attached hydrogen (secondary N) is 1. The van der Waals surface area contributed by atoms with E-state index in [2.05, 4.69) is 15.1 Å². The van der Waals surface area contributed by atoms with Crippen LogP contribution in [0.3, 0.4) is 0 Å². The van der Waals surface area contributed by atoms with Gasteiger partial charge in [0.05, 0.1) is 19.2 Å². The Morgan fingerprint density at radius 1 is 1.00 bits per heavy atom. The Morgan fingerprint density at radius 2 is 1.72 bits per heavy atom. The maximum absolute atomic E-state index is 13.8. The minimum Gasteiger partial charge on any atom is -0.497 e. The van der Waals surface area contributed by atoms with Crippen LogP contribution in [0.4, 0.5) is 21.5 Å². The summed E-state index contributed by atoms with van der Waals surface area (Å²) in [4.78, 5) is 36.1. The molecule has 2 fully saturated rings. The van der Waals surface area contributed by atoms with Crippen LogP contribution >= 0.6 is 24.0 Å². The fourth-order valence-corrected chi connectivity index (χ4v) is 6.35. The van der Waals surface area contributed by atoms with Gasteiger partial charge in [0.2, 0.25) is 5.91 Å². The SMILES string of the molecule is COc1ccc(NC(=O)C[C@@H]2C(=O)N(c3cccc(SC)c3)C(=S)N2CCCN2CCN(c3ccc(F)cc3)CC2)cc1. The molecule has 5 rings (SSSR count). The van der Waals surface area contributed by atoms with Crippen molar-refractivity contribution in [2.75, 3.05) is 67.8 Å². The van der Waals surface area contributed by atoms with Gasteiger partial charge in [-0.3, -0.25) is 19.4 Å². The first-order valence-electron chi connectivity index (χ1n) is 14.3. The van der Waals surface area contributed by atoms with Crippen LogP contribution in [0.1, 0.15) is 12.8 Å². The standard InChI is InChI=1S/C32H36FN5O3S2/c1-41-27-13-9-24(10-14-27)34-30(39)22-29-31(40)38(26-5-3-6-28(21-26)43-2)32(42)37(29)16-4-15-35-17-19-36(20-18-35)25-11-7-23(33)8-12-25/h3,5-14,21,29H,4,15-20,22H2,1-2H3,(H,34,39)/t29-/m1/s1. The largest absolute Gasteiger partial charge is 0.497 e. The zero-order chi connectivity index (χ0) is 30.3. The van der Waals surface area contributed by atoms with Gasteiger partial charge in [-0.25, -0.2) is 4.39 Å². The summed E-state index contributed by atoms with van der Waals surface area (Å²) in [6.07, 6.45) is 2.76. The number of anilines is 3. The Morgan fingerprint density at radius 3 is 2.40 bits per heavy atom. The number of halogens is 1. The Labute approximate surface area is 261 Å². The van der Waals surface area contributed by atoms with E-state index in [1.807, 2.05) is 47.6 Å². The van der Waals surface area contributed by atoms with Crippen LogP contribution in [-0.2, 0) is 9.59 Å². The molecule has 1 atom stereocenters. The summed E-state index contributed by atoms with van der Waals surface area (Å²) >= 11 is 7.46. The van der Waals surface area contributed by atoms with Gasteiger partial charge in [0.1, 0.15) is 17.6 Å². The van der Waals surface area contributed by atoms with Crippen molar-refractivity contribution < 1.29 is 18.7 Å². The van der Waals surface area contributed by atoms with E-state index in [0.29, 0.717) is 28.8 Å². The van der Waals surface area contributed by atoms with E-state index in [-0.39, 0.29) is 24.1 Å². The number of carbonyl (C=O) groups excluding carboxylic acids is 2. The minimum absolute atomic E-state index is 0.0138. The summed E-state index contributed by atoms with van der Waals surface area (Å²) in [5.41, 5.74) is 2.37. The number of thioether (sulfide) groups is 1. The third-order valence-corrected chi connectivity index (χ3v) is 8.96. The van der Waals surface area contributed by atoms with E-state index < -0.39 is 6.04 Å². The minimum atomic E-state index is -0.695. The van der Waals surface area contributed by atoms with Gasteiger partial charge in [0, 0.05) is 49.0 Å². The van der Waals surface area contributed by atoms with Gasteiger partial charge in [0.25, 0.3) is 5.91 Å². The molecule has 2 saturated heterocycles. The fraction of sp³-hybridized carbons (Fsp3) is 0.344. The molecular weight excluding hydrogens is 586 g/mol. The molecule has 0 spiro atoms. The zero-order valence-corrected chi connectivity index (χ0v) is 26.0. The Bertz CT molecular complexity index is 1430. The molecule has 2 heterocycles. The molecule has 0 saturated carbocycles. The van der Waals surface area contributed by atoms with Crippen LogP contribution in [0.25, 0.3) is 0 Å². The van der Waals surface area contributed by atoms with Crippen molar-refractivity contribution in [2.24, 2.45) is 0 Å². The molecule has 2 aliphatic rings. The van der Waals surface area contributed by atoms with Crippen LogP contribution in [-0.4, -0.2) is 85.4 Å². The number of thiocarbonyl (C=S) groups is 1. The van der Waals surface area contributed by atoms with E-state index >= 15 is 0 Å². The number of piperazine rings is 1. The first-order valence-corrected chi connectivity index (χ1v) is 15.9. The van der Waals surface area contributed by atoms with Gasteiger partial charge in [-0.2, -0.15) is 0 Å². The molecule has 2 amide bonds. The lowest BCUT2D eigenvalue weighted by molar-refractivity contribution is -0.124. The molecule has 11 heteroatoms. The topological polar surface area (TPSA) is 68.4 Å². The highest BCUT2D eigenvalue weighted by Crippen LogP contribution is 2.30. The summed E-state index contributed by atoms with van der Waals surface area (Å²) in [6.45, 7) is 4.91. The zero-order valence-electron chi connectivity index (χ0n) is 24.4. The highest BCUT2D eigenvalue weighted by Gasteiger charge is 2.44. The van der Waals surface area contributed by atoms with Crippen LogP contribution in [0, 0.1) is 5.82 Å². The number of benzene rings is 3. The molecule has 8 nitrogen and oxygen atoms in total. The lowest BCUT2D eigenvalue weighted by atomic mass is 10.1. The van der Waals surface area contributed by atoms with Gasteiger partial charge in [-0.05, 0) is 98.2 Å². The normalized spacial score (nSPS) is 17.5. The van der Waals surface area contributed by atoms with E-state index in [9.17, 15) is 14.0 Å². The smallest absolute Gasteiger partial charge is 0.256 e. The molecule has 0 bridgehead atoms. The molecule has 226 valence electrons. The van der Waals surface area contributed by atoms with Crippen molar-refractivity contribution in [2.45, 2.75) is 23.8 Å². The number of nitrogens with zero attached hydrogens (tertiary/aromatic N) is 4. The van der Waals surface area contributed by atoms with Crippen molar-refractivity contribution in [3.8, 4) is 5.75 Å². The lowest BCUT2D eigenvalue weighted by Gasteiger charge is -2.36. The number of carbonyl (C=O) groups is 2. The van der Waals surface area contributed by atoms with Crippen LogP contribution in [0.5, 0.6) is 5.75 Å². The van der Waals surface area contributed by atoms with Crippen molar-refractivity contribution >= 4 is 58.0 Å². The third-order valence-electron chi connectivity index (χ3n) is 7.82. The molecule has 43 heavy (non-hydrogen) atoms. The van der Waals surface area contributed by atoms with E-state index in [0.717, 1.165) is 49.7 Å². The Hall–Kier alpha value is -3.67. The number of hydrogen-bond donors (Lipinski definition) is 1. The monoisotopic (exact) mass is 621 g/mol. The fourth-order valence-electron chi connectivity index (χ4n) is 5.48. The van der Waals surface area contributed by atoms with E-state index in [1.165, 1.54) is 12.1 Å². The molecule has 3 aromatic carbocycles. The van der Waals surface area contributed by atoms with Crippen LogP contribution < -0.4 is 19.9 Å². The summed E-state index contributed by atoms with van der Waals surface area (Å²) in [5, 5.41) is 3.33. The average molecular weight is 622 g/mol. The summed E-state index contributed by atoms with van der Waals surface area (Å²) in [7, 11) is 1.59. The van der Waals surface area contributed by atoms with Crippen molar-refractivity contribution in [1.82, 2.24) is 9.80 Å². The molecule has 0 aliphatic carbocycles. The first-order chi connectivity index (χ1) is 20.9. The quantitative estimate of drug-likeness (QED) is 0.235. The second-order valence-electron chi connectivity index (χ2n) is 10.5. The molecule has 0 radical (unpaired) electrons. The van der Waals surface area contributed by atoms with E-state index in [1.54, 1.807) is 48.0 Å². The number of hydrogen-bond acceptors (Lipinski definition) is 7. The van der Waals surface area contributed by atoms with Gasteiger partial charge in [-0.15, -0.1) is 11.8 Å². The van der Waals surface area contributed by atoms with Crippen LogP contribution in [0.2, 0.25) is 0 Å². The predicted molar refractivity (Wildman–Crippen MR) is 175 cm³/mol. The Kier molecular flexibility index (Phi) is 10.2. The Balaban J connectivity index is 1.23. The van der Waals surface area contributed by atoms with Gasteiger partial charge in [0.15, 0.2) is 5.11 Å². The van der Waals surface area contributed by atoms with Crippen molar-refractivity contribution in [3.63, 3.8) is 0 Å². The third kappa shape index (κ3) is 7.46. The number of rotatable bonds is 11. The second-order valence-corrected chi connectivity index (χ2v) is 11.8. The predicted octanol–water partition coefficient (Wildman–Crippen LogP) is 5.10. The molecule has 3 aromatic rings. The lowest BCUT2D eigenvalue weighted by Crippen LogP contribution is -2.47. The van der Waals surface area contributed by atoms with Gasteiger partial charge < -0.3 is 19.9 Å². The highest BCUT2D eigenvalue weighted by atomic mass is 32.2. The second kappa shape index (κ2) is 14.2. The van der Waals surface area contributed by atoms with Crippen molar-refractivity contribution in [3.05, 3.63) is 78.6 Å². The molecule has 0 unspecified atom stereocenters. The molecular formula is C32H36FN5O3S2. The van der Waals surface area contributed by atoms with Gasteiger partial charge in [-0.1, -0.05) is 6.07 Å². The van der Waals surface area contributed by atoms with E-state index in [4.69, 9.17) is 17.0 Å². The number of ether oxygens (including phenoxy) is 1. The summed E-state index contributed by atoms with van der Waals surface area (Å²) in [5.74, 6) is 0.0159. The van der Waals surface area contributed by atoms with Crippen LogP contribution in [0.15, 0.2) is 77.7 Å². The van der Waals surface area contributed by atoms with Gasteiger partial charge >= 0.3 is 0 Å².